The van der Waals surface area contributed by atoms with Crippen LogP contribution in [0, 0.1) is 6.92 Å². The second-order valence-corrected chi connectivity index (χ2v) is 15.6. The molecule has 3 aromatic carbocycles. The molecule has 0 saturated heterocycles. The maximum atomic E-state index is 13.0. The van der Waals surface area contributed by atoms with Crippen molar-refractivity contribution in [1.29, 1.82) is 0 Å². The molecule has 0 atom stereocenters. The molecule has 4 aromatic rings. The number of hydrogen-bond acceptors (Lipinski definition) is 4. The molecule has 4 rings (SSSR count). The van der Waals surface area contributed by atoms with Gasteiger partial charge in [0.1, 0.15) is 11.4 Å². The van der Waals surface area contributed by atoms with Crippen molar-refractivity contribution >= 4 is 20.0 Å². The molecule has 0 bridgehead atoms. The van der Waals surface area contributed by atoms with Gasteiger partial charge in [-0.1, -0.05) is 93.1 Å². The fraction of sp³-hybridized carbons (Fsp3) is 0.258. The van der Waals surface area contributed by atoms with Crippen molar-refractivity contribution in [1.82, 2.24) is 9.97 Å². The number of nitrogens with one attached hydrogen (secondary N) is 1. The van der Waals surface area contributed by atoms with Gasteiger partial charge in [0.2, 0.25) is 14.2 Å². The molecule has 0 aliphatic heterocycles. The van der Waals surface area contributed by atoms with E-state index in [1.165, 1.54) is 5.56 Å². The molecule has 0 saturated carbocycles. The van der Waals surface area contributed by atoms with E-state index in [1.54, 1.807) is 6.20 Å². The van der Waals surface area contributed by atoms with Gasteiger partial charge in [-0.2, -0.15) is 0 Å². The van der Waals surface area contributed by atoms with Crippen LogP contribution in [0.15, 0.2) is 85.1 Å². The molecule has 5 nitrogen and oxygen atoms in total. The number of benzene rings is 3. The molecule has 0 fully saturated rings. The van der Waals surface area contributed by atoms with Gasteiger partial charge < -0.3 is 9.74 Å². The standard InChI is InChI=1S/C31H35N3O2Si/c1-22-12-16-24(17-13-22)27-21-32-30(29(33-27)25-10-8-7-9-11-25)34-28(35)20-23-14-18-26(19-15-23)36-37(5,6)31(2,3)4/h7-19,21H,20H2,1-6H3,(H,32,34,35). The van der Waals surface area contributed by atoms with Crippen molar-refractivity contribution < 1.29 is 9.22 Å². The summed E-state index contributed by atoms with van der Waals surface area (Å²) in [5.74, 6) is 1.15. The van der Waals surface area contributed by atoms with Crippen LogP contribution in [0.5, 0.6) is 5.75 Å². The Kier molecular flexibility index (Phi) is 7.59. The third kappa shape index (κ3) is 6.52. The van der Waals surface area contributed by atoms with Crippen molar-refractivity contribution in [3.05, 3.63) is 96.2 Å². The molecule has 0 unspecified atom stereocenters. The number of amides is 1. The SMILES string of the molecule is Cc1ccc(-c2cnc(NC(=O)Cc3ccc(O[Si](C)(C)C(C)(C)C)cc3)c(-c3ccccc3)n2)cc1. The molecular formula is C31H35N3O2Si. The predicted octanol–water partition coefficient (Wildman–Crippen LogP) is 7.68. The second kappa shape index (κ2) is 10.7. The summed E-state index contributed by atoms with van der Waals surface area (Å²) in [6.45, 7) is 13.2. The van der Waals surface area contributed by atoms with Crippen LogP contribution in [-0.2, 0) is 11.2 Å². The van der Waals surface area contributed by atoms with Gasteiger partial charge in [-0.05, 0) is 42.8 Å². The monoisotopic (exact) mass is 509 g/mol. The Hall–Kier alpha value is -3.77. The van der Waals surface area contributed by atoms with Gasteiger partial charge in [-0.15, -0.1) is 0 Å². The average molecular weight is 510 g/mol. The summed E-state index contributed by atoms with van der Waals surface area (Å²) in [5.41, 5.74) is 5.37. The van der Waals surface area contributed by atoms with E-state index < -0.39 is 8.32 Å². The largest absolute Gasteiger partial charge is 0.544 e. The third-order valence-corrected chi connectivity index (χ3v) is 11.3. The summed E-state index contributed by atoms with van der Waals surface area (Å²) in [6.07, 6.45) is 1.94. The molecule has 1 amide bonds. The van der Waals surface area contributed by atoms with Gasteiger partial charge in [0.15, 0.2) is 5.82 Å². The van der Waals surface area contributed by atoms with E-state index in [-0.39, 0.29) is 17.4 Å². The van der Waals surface area contributed by atoms with E-state index in [2.05, 4.69) is 63.2 Å². The smallest absolute Gasteiger partial charge is 0.250 e. The van der Waals surface area contributed by atoms with Crippen molar-refractivity contribution in [3.63, 3.8) is 0 Å². The van der Waals surface area contributed by atoms with Gasteiger partial charge in [-0.3, -0.25) is 4.79 Å². The maximum Gasteiger partial charge on any atom is 0.250 e. The van der Waals surface area contributed by atoms with Crippen molar-refractivity contribution in [2.75, 3.05) is 5.32 Å². The predicted molar refractivity (Wildman–Crippen MR) is 154 cm³/mol. The Balaban J connectivity index is 1.52. The van der Waals surface area contributed by atoms with Crippen LogP contribution < -0.4 is 9.74 Å². The van der Waals surface area contributed by atoms with Gasteiger partial charge in [0, 0.05) is 11.1 Å². The molecule has 190 valence electrons. The summed E-state index contributed by atoms with van der Waals surface area (Å²) in [4.78, 5) is 22.5. The molecule has 0 aliphatic carbocycles. The molecule has 1 N–H and O–H groups in total. The number of aryl methyl sites for hydroxylation is 1. The van der Waals surface area contributed by atoms with Crippen LogP contribution in [0.3, 0.4) is 0 Å². The average Bonchev–Trinajstić information content (AvgIpc) is 2.86. The summed E-state index contributed by atoms with van der Waals surface area (Å²) < 4.78 is 6.36. The van der Waals surface area contributed by atoms with E-state index in [0.29, 0.717) is 11.5 Å². The summed E-state index contributed by atoms with van der Waals surface area (Å²) in [5, 5.41) is 3.10. The van der Waals surface area contributed by atoms with E-state index in [1.807, 2.05) is 66.7 Å². The number of aromatic nitrogens is 2. The van der Waals surface area contributed by atoms with Crippen molar-refractivity contribution in [2.45, 2.75) is 52.2 Å². The number of carbonyl (C=O) groups is 1. The van der Waals surface area contributed by atoms with E-state index in [0.717, 1.165) is 28.1 Å². The minimum atomic E-state index is -1.91. The van der Waals surface area contributed by atoms with Crippen molar-refractivity contribution in [3.8, 4) is 28.3 Å². The lowest BCUT2D eigenvalue weighted by Crippen LogP contribution is -2.43. The highest BCUT2D eigenvalue weighted by atomic mass is 28.4. The number of rotatable bonds is 7. The molecule has 0 aliphatic rings. The van der Waals surface area contributed by atoms with Gasteiger partial charge in [0.05, 0.1) is 18.3 Å². The van der Waals surface area contributed by atoms with Gasteiger partial charge in [-0.25, -0.2) is 9.97 Å². The Morgan fingerprint density at radius 1 is 0.892 bits per heavy atom. The minimum Gasteiger partial charge on any atom is -0.544 e. The second-order valence-electron chi connectivity index (χ2n) is 10.9. The summed E-state index contributed by atoms with van der Waals surface area (Å²) in [6, 6.07) is 25.8. The maximum absolute atomic E-state index is 13.0. The van der Waals surface area contributed by atoms with Gasteiger partial charge >= 0.3 is 0 Å². The lowest BCUT2D eigenvalue weighted by molar-refractivity contribution is -0.115. The van der Waals surface area contributed by atoms with Crippen LogP contribution in [-0.4, -0.2) is 24.2 Å². The Morgan fingerprint density at radius 2 is 1.54 bits per heavy atom. The van der Waals surface area contributed by atoms with Crippen molar-refractivity contribution in [2.24, 2.45) is 0 Å². The topological polar surface area (TPSA) is 64.1 Å². The zero-order valence-corrected chi connectivity index (χ0v) is 23.5. The number of anilines is 1. The molecule has 0 spiro atoms. The lowest BCUT2D eigenvalue weighted by atomic mass is 10.1. The third-order valence-electron chi connectivity index (χ3n) is 6.89. The first-order valence-corrected chi connectivity index (χ1v) is 15.5. The zero-order chi connectivity index (χ0) is 26.6. The first kappa shape index (κ1) is 26.3. The fourth-order valence-electron chi connectivity index (χ4n) is 3.63. The molecule has 1 aromatic heterocycles. The first-order chi connectivity index (χ1) is 17.5. The fourth-order valence-corrected chi connectivity index (χ4v) is 4.66. The normalized spacial score (nSPS) is 11.7. The zero-order valence-electron chi connectivity index (χ0n) is 22.5. The Morgan fingerprint density at radius 3 is 2.16 bits per heavy atom. The molecular weight excluding hydrogens is 474 g/mol. The van der Waals surface area contributed by atoms with Crippen LogP contribution >= 0.6 is 0 Å². The highest BCUT2D eigenvalue weighted by Crippen LogP contribution is 2.37. The highest BCUT2D eigenvalue weighted by Gasteiger charge is 2.38. The first-order valence-electron chi connectivity index (χ1n) is 12.6. The van der Waals surface area contributed by atoms with E-state index in [9.17, 15) is 4.79 Å². The summed E-state index contributed by atoms with van der Waals surface area (Å²) in [7, 11) is -1.91. The Bertz CT molecular complexity index is 1360. The van der Waals surface area contributed by atoms with Crippen LogP contribution in [0.25, 0.3) is 22.5 Å². The van der Waals surface area contributed by atoms with E-state index >= 15 is 0 Å². The number of carbonyl (C=O) groups excluding carboxylic acids is 1. The van der Waals surface area contributed by atoms with Gasteiger partial charge in [0.25, 0.3) is 0 Å². The summed E-state index contributed by atoms with van der Waals surface area (Å²) >= 11 is 0. The molecule has 6 heteroatoms. The van der Waals surface area contributed by atoms with E-state index in [4.69, 9.17) is 9.41 Å². The van der Waals surface area contributed by atoms with Crippen LogP contribution in [0.4, 0.5) is 5.82 Å². The lowest BCUT2D eigenvalue weighted by Gasteiger charge is -2.36. The highest BCUT2D eigenvalue weighted by molar-refractivity contribution is 6.74. The number of nitrogens with zero attached hydrogens (tertiary/aromatic N) is 2. The molecule has 1 heterocycles. The molecule has 0 radical (unpaired) electrons. The minimum absolute atomic E-state index is 0.123. The Labute approximate surface area is 221 Å². The number of hydrogen-bond donors (Lipinski definition) is 1. The quantitative estimate of drug-likeness (QED) is 0.259. The molecule has 37 heavy (non-hydrogen) atoms. The van der Waals surface area contributed by atoms with Crippen LogP contribution in [0.2, 0.25) is 18.1 Å². The van der Waals surface area contributed by atoms with Crippen LogP contribution in [0.1, 0.15) is 31.9 Å².